The molecular weight excluding hydrogens is 418 g/mol. The summed E-state index contributed by atoms with van der Waals surface area (Å²) in [6.07, 6.45) is 1.56. The van der Waals surface area contributed by atoms with Crippen LogP contribution in [0, 0.1) is 5.82 Å². The van der Waals surface area contributed by atoms with Crippen molar-refractivity contribution >= 4 is 13.8 Å². The van der Waals surface area contributed by atoms with Crippen LogP contribution in [-0.4, -0.2) is 65.4 Å². The van der Waals surface area contributed by atoms with E-state index in [1.807, 2.05) is 18.7 Å². The van der Waals surface area contributed by atoms with E-state index in [0.717, 1.165) is 41.8 Å². The molecule has 1 amide bonds. The molecule has 8 heteroatoms. The second-order valence-corrected chi connectivity index (χ2v) is 9.90. The normalized spacial score (nSPS) is 22.4. The summed E-state index contributed by atoms with van der Waals surface area (Å²) in [5.74, 6) is -0.163. The number of piperazine rings is 1. The van der Waals surface area contributed by atoms with Gasteiger partial charge in [-0.25, -0.2) is 4.39 Å². The number of amides is 1. The molecule has 2 aromatic rings. The number of rotatable bonds is 6. The van der Waals surface area contributed by atoms with E-state index >= 15 is 0 Å². The number of fused-ring (bicyclic) bond motifs is 1. The van der Waals surface area contributed by atoms with Crippen LogP contribution in [-0.2, 0) is 29.9 Å². The van der Waals surface area contributed by atoms with E-state index in [1.165, 1.54) is 12.1 Å². The van der Waals surface area contributed by atoms with Crippen molar-refractivity contribution in [1.82, 2.24) is 20.1 Å². The maximum atomic E-state index is 13.5. The van der Waals surface area contributed by atoms with Crippen molar-refractivity contribution in [3.63, 3.8) is 0 Å². The Labute approximate surface area is 196 Å². The van der Waals surface area contributed by atoms with E-state index in [0.29, 0.717) is 37.3 Å². The highest BCUT2D eigenvalue weighted by atomic mass is 19.1. The standard InChI is InChI=1S/C25H34BFN4O2/c1-16-12-30(21(10-26)11-28-16)14-23(33)31-13-19-9-18(8-17-4-6-20(27)7-5-17)22(15-32)29-24(19)25(31,2)3/h4-7,9,16,21,28,32H,8,10-15,26H2,1-3H3/t16-,21+/m1/s1. The van der Waals surface area contributed by atoms with Gasteiger partial charge < -0.3 is 15.3 Å². The van der Waals surface area contributed by atoms with Crippen molar-refractivity contribution in [3.8, 4) is 0 Å². The van der Waals surface area contributed by atoms with Crippen LogP contribution < -0.4 is 5.32 Å². The van der Waals surface area contributed by atoms with E-state index in [1.54, 1.807) is 12.1 Å². The molecule has 1 aromatic carbocycles. The van der Waals surface area contributed by atoms with Gasteiger partial charge in [0.1, 0.15) is 13.7 Å². The highest BCUT2D eigenvalue weighted by Gasteiger charge is 2.43. The fourth-order valence-electron chi connectivity index (χ4n) is 5.19. The van der Waals surface area contributed by atoms with Crippen LogP contribution in [0.25, 0.3) is 0 Å². The van der Waals surface area contributed by atoms with Gasteiger partial charge in [-0.2, -0.15) is 0 Å². The summed E-state index contributed by atoms with van der Waals surface area (Å²) >= 11 is 0. The molecule has 0 spiro atoms. The summed E-state index contributed by atoms with van der Waals surface area (Å²) in [7, 11) is 2.17. The Morgan fingerprint density at radius 3 is 2.73 bits per heavy atom. The number of aliphatic hydroxyl groups is 1. The molecular formula is C25H34BFN4O2. The van der Waals surface area contributed by atoms with Crippen molar-refractivity contribution in [2.24, 2.45) is 0 Å². The third kappa shape index (κ3) is 4.83. The predicted octanol–water partition coefficient (Wildman–Crippen LogP) is 1.59. The van der Waals surface area contributed by atoms with Gasteiger partial charge in [0.05, 0.1) is 30.1 Å². The van der Waals surface area contributed by atoms with E-state index in [4.69, 9.17) is 4.98 Å². The van der Waals surface area contributed by atoms with Crippen LogP contribution in [0.5, 0.6) is 0 Å². The molecule has 2 aliphatic heterocycles. The van der Waals surface area contributed by atoms with Crippen molar-refractivity contribution < 1.29 is 14.3 Å². The van der Waals surface area contributed by atoms with E-state index in [-0.39, 0.29) is 18.3 Å². The lowest BCUT2D eigenvalue weighted by Crippen LogP contribution is -2.58. The van der Waals surface area contributed by atoms with Crippen molar-refractivity contribution in [2.45, 2.75) is 64.3 Å². The van der Waals surface area contributed by atoms with Crippen LogP contribution in [0.2, 0.25) is 6.32 Å². The van der Waals surface area contributed by atoms with Crippen molar-refractivity contribution in [1.29, 1.82) is 0 Å². The molecule has 0 saturated carbocycles. The average Bonchev–Trinajstić information content (AvgIpc) is 3.04. The predicted molar refractivity (Wildman–Crippen MR) is 129 cm³/mol. The maximum absolute atomic E-state index is 13.5. The molecule has 0 aliphatic carbocycles. The number of hydrogen-bond donors (Lipinski definition) is 2. The molecule has 1 aromatic heterocycles. The monoisotopic (exact) mass is 452 g/mol. The first-order chi connectivity index (χ1) is 15.7. The molecule has 0 unspecified atom stereocenters. The Balaban J connectivity index is 1.56. The zero-order chi connectivity index (χ0) is 23.8. The number of benzene rings is 1. The lowest BCUT2D eigenvalue weighted by molar-refractivity contribution is -0.138. The van der Waals surface area contributed by atoms with Crippen LogP contribution in [0.15, 0.2) is 30.3 Å². The second-order valence-electron chi connectivity index (χ2n) is 9.90. The minimum Gasteiger partial charge on any atom is -0.390 e. The number of hydrogen-bond acceptors (Lipinski definition) is 5. The molecule has 0 radical (unpaired) electrons. The lowest BCUT2D eigenvalue weighted by Gasteiger charge is -2.40. The fraction of sp³-hybridized carbons (Fsp3) is 0.520. The molecule has 33 heavy (non-hydrogen) atoms. The Kier molecular flexibility index (Phi) is 6.89. The summed E-state index contributed by atoms with van der Waals surface area (Å²) in [6.45, 7) is 8.71. The first-order valence-electron chi connectivity index (χ1n) is 11.9. The number of aliphatic hydroxyl groups excluding tert-OH is 1. The number of carbonyl (C=O) groups is 1. The van der Waals surface area contributed by atoms with Gasteiger partial charge in [0.25, 0.3) is 0 Å². The highest BCUT2D eigenvalue weighted by molar-refractivity contribution is 6.09. The molecule has 3 heterocycles. The number of nitrogens with zero attached hydrogens (tertiary/aromatic N) is 3. The Morgan fingerprint density at radius 1 is 1.33 bits per heavy atom. The Bertz CT molecular complexity index is 1010. The summed E-state index contributed by atoms with van der Waals surface area (Å²) in [5.41, 5.74) is 3.80. The molecule has 2 atom stereocenters. The van der Waals surface area contributed by atoms with E-state index in [9.17, 15) is 14.3 Å². The van der Waals surface area contributed by atoms with Crippen LogP contribution in [0.4, 0.5) is 4.39 Å². The minimum atomic E-state index is -0.549. The Hall–Kier alpha value is -2.29. The number of pyridine rings is 1. The van der Waals surface area contributed by atoms with Gasteiger partial charge >= 0.3 is 0 Å². The first-order valence-corrected chi connectivity index (χ1v) is 11.9. The smallest absolute Gasteiger partial charge is 0.237 e. The lowest BCUT2D eigenvalue weighted by atomic mass is 9.93. The van der Waals surface area contributed by atoms with E-state index in [2.05, 4.69) is 31.1 Å². The molecule has 1 saturated heterocycles. The SMILES string of the molecule is BC[C@H]1CN[C@H](C)CN1CC(=O)N1Cc2cc(Cc3ccc(F)cc3)c(CO)nc2C1(C)C. The largest absolute Gasteiger partial charge is 0.390 e. The number of carbonyl (C=O) groups excluding carboxylic acids is 1. The highest BCUT2D eigenvalue weighted by Crippen LogP contribution is 2.39. The molecule has 1 fully saturated rings. The third-order valence-corrected chi connectivity index (χ3v) is 7.15. The van der Waals surface area contributed by atoms with Gasteiger partial charge in [0.2, 0.25) is 5.91 Å². The third-order valence-electron chi connectivity index (χ3n) is 7.15. The Morgan fingerprint density at radius 2 is 2.06 bits per heavy atom. The minimum absolute atomic E-state index is 0.108. The van der Waals surface area contributed by atoms with Crippen LogP contribution in [0.3, 0.4) is 0 Å². The van der Waals surface area contributed by atoms with Gasteiger partial charge in [-0.3, -0.25) is 14.7 Å². The van der Waals surface area contributed by atoms with Crippen LogP contribution >= 0.6 is 0 Å². The zero-order valence-electron chi connectivity index (χ0n) is 20.1. The molecule has 4 rings (SSSR count). The van der Waals surface area contributed by atoms with Gasteiger partial charge in [-0.1, -0.05) is 18.5 Å². The summed E-state index contributed by atoms with van der Waals surface area (Å²) in [4.78, 5) is 22.5. The first kappa shape index (κ1) is 23.9. The fourth-order valence-corrected chi connectivity index (χ4v) is 5.19. The van der Waals surface area contributed by atoms with Crippen LogP contribution in [0.1, 0.15) is 48.8 Å². The number of aromatic nitrogens is 1. The molecule has 2 N–H and O–H groups in total. The van der Waals surface area contributed by atoms with Crippen molar-refractivity contribution in [3.05, 3.63) is 64.2 Å². The van der Waals surface area contributed by atoms with Gasteiger partial charge in [0, 0.05) is 31.7 Å². The summed E-state index contributed by atoms with van der Waals surface area (Å²) in [6, 6.07) is 9.18. The second kappa shape index (κ2) is 9.53. The van der Waals surface area contributed by atoms with Gasteiger partial charge in [-0.15, -0.1) is 0 Å². The van der Waals surface area contributed by atoms with E-state index < -0.39 is 5.54 Å². The zero-order valence-corrected chi connectivity index (χ0v) is 20.1. The van der Waals surface area contributed by atoms with Gasteiger partial charge in [-0.05, 0) is 62.1 Å². The molecule has 176 valence electrons. The molecule has 2 aliphatic rings. The number of halogens is 1. The molecule has 0 bridgehead atoms. The molecule has 6 nitrogen and oxygen atoms in total. The summed E-state index contributed by atoms with van der Waals surface area (Å²) < 4.78 is 13.3. The topological polar surface area (TPSA) is 68.7 Å². The quantitative estimate of drug-likeness (QED) is 0.652. The van der Waals surface area contributed by atoms with Crippen molar-refractivity contribution in [2.75, 3.05) is 19.6 Å². The number of nitrogens with one attached hydrogen (secondary N) is 1. The maximum Gasteiger partial charge on any atom is 0.237 e. The van der Waals surface area contributed by atoms with Gasteiger partial charge in [0.15, 0.2) is 0 Å². The summed E-state index contributed by atoms with van der Waals surface area (Å²) in [5, 5.41) is 13.5. The average molecular weight is 452 g/mol.